The average Bonchev–Trinajstić information content (AvgIpc) is 2.56. The van der Waals surface area contributed by atoms with Gasteiger partial charge in [0.15, 0.2) is 0 Å². The zero-order valence-electron chi connectivity index (χ0n) is 9.84. The van der Waals surface area contributed by atoms with E-state index in [-0.39, 0.29) is 0 Å². The fourth-order valence-corrected chi connectivity index (χ4v) is 3.03. The second-order valence-electron chi connectivity index (χ2n) is 5.91. The molecule has 0 amide bonds. The molecule has 1 saturated carbocycles. The minimum atomic E-state index is 0.389. The first-order valence-electron chi connectivity index (χ1n) is 6.01. The summed E-state index contributed by atoms with van der Waals surface area (Å²) in [6.07, 6.45) is 5.19. The molecule has 0 bridgehead atoms. The summed E-state index contributed by atoms with van der Waals surface area (Å²) in [5.74, 6) is 0. The van der Waals surface area contributed by atoms with Crippen LogP contribution in [0.5, 0.6) is 0 Å². The van der Waals surface area contributed by atoms with Gasteiger partial charge in [-0.3, -0.25) is 4.90 Å². The third-order valence-electron chi connectivity index (χ3n) is 4.36. The predicted molar refractivity (Wildman–Crippen MR) is 60.2 cm³/mol. The van der Waals surface area contributed by atoms with Crippen LogP contribution in [0.4, 0.5) is 0 Å². The summed E-state index contributed by atoms with van der Waals surface area (Å²) in [5, 5.41) is 0. The van der Waals surface area contributed by atoms with E-state index in [0.29, 0.717) is 17.0 Å². The van der Waals surface area contributed by atoms with Gasteiger partial charge in [-0.25, -0.2) is 0 Å². The number of rotatable bonds is 3. The van der Waals surface area contributed by atoms with Crippen LogP contribution < -0.4 is 5.73 Å². The van der Waals surface area contributed by atoms with Gasteiger partial charge in [-0.2, -0.15) is 0 Å². The molecule has 1 spiro atoms. The van der Waals surface area contributed by atoms with Gasteiger partial charge in [0, 0.05) is 23.5 Å². The Bertz CT molecular complexity index is 224. The minimum Gasteiger partial charge on any atom is -0.327 e. The van der Waals surface area contributed by atoms with Crippen LogP contribution in [0.15, 0.2) is 0 Å². The topological polar surface area (TPSA) is 29.3 Å². The third kappa shape index (κ3) is 1.59. The van der Waals surface area contributed by atoms with Crippen molar-refractivity contribution in [3.05, 3.63) is 0 Å². The molecular formula is C12H24N2. The highest BCUT2D eigenvalue weighted by molar-refractivity contribution is 5.12. The van der Waals surface area contributed by atoms with E-state index in [0.717, 1.165) is 0 Å². The smallest absolute Gasteiger partial charge is 0.0153 e. The van der Waals surface area contributed by atoms with E-state index < -0.39 is 0 Å². The summed E-state index contributed by atoms with van der Waals surface area (Å²) in [6, 6.07) is 0.505. The zero-order chi connectivity index (χ0) is 10.4. The van der Waals surface area contributed by atoms with E-state index >= 15 is 0 Å². The number of likely N-dealkylation sites (tertiary alicyclic amines) is 1. The molecule has 1 saturated heterocycles. The van der Waals surface area contributed by atoms with Crippen molar-refractivity contribution in [3.8, 4) is 0 Å². The highest BCUT2D eigenvalue weighted by Gasteiger charge is 2.56. The fourth-order valence-electron chi connectivity index (χ4n) is 3.03. The summed E-state index contributed by atoms with van der Waals surface area (Å²) in [7, 11) is 0. The molecule has 2 N–H and O–H groups in total. The molecule has 0 aromatic carbocycles. The van der Waals surface area contributed by atoms with Crippen molar-refractivity contribution in [2.45, 2.75) is 58.0 Å². The van der Waals surface area contributed by atoms with E-state index in [9.17, 15) is 0 Å². The Morgan fingerprint density at radius 2 is 2.14 bits per heavy atom. The standard InChI is InChI=1S/C12H24N2/c1-4-5-11(2,3)14-7-6-12(9-14)8-10(12)13/h10H,4-9,13H2,1-3H3. The SMILES string of the molecule is CCCC(C)(C)N1CCC2(CC2N)C1. The Hall–Kier alpha value is -0.0800. The Morgan fingerprint density at radius 1 is 1.50 bits per heavy atom. The predicted octanol–water partition coefficient (Wildman–Crippen LogP) is 1.99. The van der Waals surface area contributed by atoms with Gasteiger partial charge in [0.25, 0.3) is 0 Å². The Kier molecular flexibility index (Phi) is 2.39. The minimum absolute atomic E-state index is 0.389. The fraction of sp³-hybridized carbons (Fsp3) is 1.00. The zero-order valence-corrected chi connectivity index (χ0v) is 9.84. The first-order chi connectivity index (χ1) is 6.50. The largest absolute Gasteiger partial charge is 0.327 e. The van der Waals surface area contributed by atoms with E-state index in [1.807, 2.05) is 0 Å². The molecule has 1 aliphatic carbocycles. The molecule has 0 radical (unpaired) electrons. The maximum Gasteiger partial charge on any atom is 0.0153 e. The molecule has 2 unspecified atom stereocenters. The second kappa shape index (κ2) is 3.21. The van der Waals surface area contributed by atoms with Gasteiger partial charge in [-0.1, -0.05) is 13.3 Å². The second-order valence-corrected chi connectivity index (χ2v) is 5.91. The average molecular weight is 196 g/mol. The quantitative estimate of drug-likeness (QED) is 0.748. The van der Waals surface area contributed by atoms with Crippen molar-refractivity contribution < 1.29 is 0 Å². The van der Waals surface area contributed by atoms with E-state index in [1.165, 1.54) is 38.8 Å². The van der Waals surface area contributed by atoms with Crippen molar-refractivity contribution in [3.63, 3.8) is 0 Å². The maximum absolute atomic E-state index is 6.02. The summed E-state index contributed by atoms with van der Waals surface area (Å²) in [6.45, 7) is 9.55. The summed E-state index contributed by atoms with van der Waals surface area (Å²) < 4.78 is 0. The molecule has 1 heterocycles. The summed E-state index contributed by atoms with van der Waals surface area (Å²) >= 11 is 0. The number of nitrogens with zero attached hydrogens (tertiary/aromatic N) is 1. The molecular weight excluding hydrogens is 172 g/mol. The number of hydrogen-bond acceptors (Lipinski definition) is 2. The van der Waals surface area contributed by atoms with Gasteiger partial charge in [0.2, 0.25) is 0 Å². The molecule has 2 fully saturated rings. The van der Waals surface area contributed by atoms with E-state index in [4.69, 9.17) is 5.73 Å². The van der Waals surface area contributed by atoms with E-state index in [1.54, 1.807) is 0 Å². The van der Waals surface area contributed by atoms with Crippen LogP contribution in [0.25, 0.3) is 0 Å². The molecule has 14 heavy (non-hydrogen) atoms. The van der Waals surface area contributed by atoms with Crippen LogP contribution >= 0.6 is 0 Å². The Balaban J connectivity index is 1.95. The van der Waals surface area contributed by atoms with Gasteiger partial charge in [0.05, 0.1) is 0 Å². The molecule has 2 atom stereocenters. The lowest BCUT2D eigenvalue weighted by Crippen LogP contribution is -2.42. The first kappa shape index (κ1) is 10.4. The maximum atomic E-state index is 6.02. The Labute approximate surface area is 87.8 Å². The van der Waals surface area contributed by atoms with Gasteiger partial charge in [0.1, 0.15) is 0 Å². The molecule has 2 rings (SSSR count). The molecule has 2 nitrogen and oxygen atoms in total. The highest BCUT2D eigenvalue weighted by Crippen LogP contribution is 2.53. The number of hydrogen-bond donors (Lipinski definition) is 1. The lowest BCUT2D eigenvalue weighted by molar-refractivity contribution is 0.135. The molecule has 2 heteroatoms. The van der Waals surface area contributed by atoms with Crippen LogP contribution in [-0.2, 0) is 0 Å². The normalized spacial score (nSPS) is 38.1. The van der Waals surface area contributed by atoms with Crippen molar-refractivity contribution in [1.82, 2.24) is 4.90 Å². The van der Waals surface area contributed by atoms with E-state index in [2.05, 4.69) is 25.7 Å². The lowest BCUT2D eigenvalue weighted by Gasteiger charge is -2.35. The van der Waals surface area contributed by atoms with Crippen molar-refractivity contribution in [2.24, 2.45) is 11.1 Å². The van der Waals surface area contributed by atoms with Crippen LogP contribution in [-0.4, -0.2) is 29.6 Å². The van der Waals surface area contributed by atoms with Crippen molar-refractivity contribution >= 4 is 0 Å². The molecule has 0 aromatic rings. The highest BCUT2D eigenvalue weighted by atomic mass is 15.2. The first-order valence-corrected chi connectivity index (χ1v) is 6.01. The molecule has 2 aliphatic rings. The van der Waals surface area contributed by atoms with Crippen LogP contribution in [0.2, 0.25) is 0 Å². The van der Waals surface area contributed by atoms with Crippen LogP contribution in [0.3, 0.4) is 0 Å². The lowest BCUT2D eigenvalue weighted by atomic mass is 9.96. The molecule has 1 aliphatic heterocycles. The number of nitrogens with two attached hydrogens (primary N) is 1. The third-order valence-corrected chi connectivity index (χ3v) is 4.36. The van der Waals surface area contributed by atoms with Crippen LogP contribution in [0, 0.1) is 5.41 Å². The van der Waals surface area contributed by atoms with Gasteiger partial charge in [-0.05, 0) is 39.7 Å². The summed E-state index contributed by atoms with van der Waals surface area (Å²) in [4.78, 5) is 2.66. The van der Waals surface area contributed by atoms with Crippen molar-refractivity contribution in [2.75, 3.05) is 13.1 Å². The Morgan fingerprint density at radius 3 is 2.57 bits per heavy atom. The molecule has 0 aromatic heterocycles. The van der Waals surface area contributed by atoms with Gasteiger partial charge < -0.3 is 5.73 Å². The van der Waals surface area contributed by atoms with Crippen molar-refractivity contribution in [1.29, 1.82) is 0 Å². The molecule has 82 valence electrons. The van der Waals surface area contributed by atoms with Gasteiger partial charge in [-0.15, -0.1) is 0 Å². The van der Waals surface area contributed by atoms with Crippen LogP contribution in [0.1, 0.15) is 46.5 Å². The summed E-state index contributed by atoms with van der Waals surface area (Å²) in [5.41, 5.74) is 6.94. The van der Waals surface area contributed by atoms with Gasteiger partial charge >= 0.3 is 0 Å². The monoisotopic (exact) mass is 196 g/mol.